The van der Waals surface area contributed by atoms with Crippen LogP contribution in [0.2, 0.25) is 0 Å². The van der Waals surface area contributed by atoms with Crippen molar-refractivity contribution in [2.24, 2.45) is 16.8 Å². The molecule has 1 aliphatic rings. The summed E-state index contributed by atoms with van der Waals surface area (Å²) in [5.74, 6) is 1.30. The Morgan fingerprint density at radius 1 is 1.61 bits per heavy atom. The van der Waals surface area contributed by atoms with Crippen LogP contribution in [0.3, 0.4) is 0 Å². The molecule has 6 heteroatoms. The van der Waals surface area contributed by atoms with Crippen molar-refractivity contribution in [3.63, 3.8) is 0 Å². The summed E-state index contributed by atoms with van der Waals surface area (Å²) in [5, 5.41) is 14.5. The fourth-order valence-corrected chi connectivity index (χ4v) is 2.00. The van der Waals surface area contributed by atoms with Gasteiger partial charge in [0, 0.05) is 0 Å². The van der Waals surface area contributed by atoms with Crippen LogP contribution in [0.15, 0.2) is 15.6 Å². The Kier molecular flexibility index (Phi) is 3.27. The number of amides is 1. The third-order valence-electron chi connectivity index (χ3n) is 3.10. The van der Waals surface area contributed by atoms with Crippen LogP contribution in [0.5, 0.6) is 0 Å². The van der Waals surface area contributed by atoms with Crippen LogP contribution in [0.25, 0.3) is 0 Å². The first kappa shape index (κ1) is 12.5. The molecular weight excluding hydrogens is 234 g/mol. The lowest BCUT2D eigenvalue weighted by Crippen LogP contribution is -2.46. The largest absolute Gasteiger partial charge is 0.466 e. The van der Waals surface area contributed by atoms with Crippen molar-refractivity contribution in [1.29, 1.82) is 0 Å². The van der Waals surface area contributed by atoms with E-state index in [1.807, 2.05) is 0 Å². The van der Waals surface area contributed by atoms with Crippen molar-refractivity contribution >= 4 is 11.7 Å². The van der Waals surface area contributed by atoms with E-state index < -0.39 is 6.04 Å². The number of oxime groups is 1. The number of aryl methyl sites for hydroxylation is 2. The number of furan rings is 1. The van der Waals surface area contributed by atoms with E-state index >= 15 is 0 Å². The molecule has 1 aromatic heterocycles. The first-order valence-electron chi connectivity index (χ1n) is 5.88. The van der Waals surface area contributed by atoms with E-state index in [0.717, 1.165) is 12.8 Å². The highest BCUT2D eigenvalue weighted by Crippen LogP contribution is 2.33. The van der Waals surface area contributed by atoms with Crippen molar-refractivity contribution < 1.29 is 14.4 Å². The lowest BCUT2D eigenvalue weighted by Gasteiger charge is -2.16. The number of nitrogens with two attached hydrogens (primary N) is 1. The quantitative estimate of drug-likeness (QED) is 0.323. The fraction of sp³-hybridized carbons (Fsp3) is 0.500. The zero-order chi connectivity index (χ0) is 13.3. The molecule has 0 aromatic carbocycles. The third-order valence-corrected chi connectivity index (χ3v) is 3.10. The maximum absolute atomic E-state index is 12.1. The van der Waals surface area contributed by atoms with Crippen LogP contribution >= 0.6 is 0 Å². The van der Waals surface area contributed by atoms with E-state index in [2.05, 4.69) is 10.5 Å². The molecule has 1 aromatic rings. The number of amidine groups is 1. The standard InChI is InChI=1S/C12H17N3O3/c1-6-5-9(7(2)18-6)12(16)14-10(8-3-4-8)11(13)15-17/h5,8,10,17H,3-4H2,1-2H3,(H2,13,15)(H,14,16). The van der Waals surface area contributed by atoms with Crippen molar-refractivity contribution in [2.75, 3.05) is 0 Å². The molecule has 2 rings (SSSR count). The minimum Gasteiger partial charge on any atom is -0.466 e. The molecule has 0 bridgehead atoms. The molecule has 1 amide bonds. The van der Waals surface area contributed by atoms with E-state index in [1.165, 1.54) is 0 Å². The highest BCUT2D eigenvalue weighted by atomic mass is 16.4. The molecule has 1 saturated carbocycles. The summed E-state index contributed by atoms with van der Waals surface area (Å²) in [6, 6.07) is 1.28. The Labute approximate surface area is 105 Å². The predicted octanol–water partition coefficient (Wildman–Crippen LogP) is 1.15. The molecular formula is C12H17N3O3. The average molecular weight is 251 g/mol. The topological polar surface area (TPSA) is 101 Å². The van der Waals surface area contributed by atoms with Gasteiger partial charge in [-0.2, -0.15) is 0 Å². The smallest absolute Gasteiger partial charge is 0.255 e. The lowest BCUT2D eigenvalue weighted by atomic mass is 10.1. The van der Waals surface area contributed by atoms with Crippen LogP contribution < -0.4 is 11.1 Å². The van der Waals surface area contributed by atoms with Crippen molar-refractivity contribution in [3.8, 4) is 0 Å². The van der Waals surface area contributed by atoms with E-state index in [1.54, 1.807) is 19.9 Å². The molecule has 18 heavy (non-hydrogen) atoms. The van der Waals surface area contributed by atoms with Gasteiger partial charge in [0.1, 0.15) is 11.5 Å². The number of nitrogens with zero attached hydrogens (tertiary/aromatic N) is 1. The van der Waals surface area contributed by atoms with Gasteiger partial charge in [-0.05, 0) is 38.7 Å². The Hall–Kier alpha value is -1.98. The predicted molar refractivity (Wildman–Crippen MR) is 65.6 cm³/mol. The number of carbonyl (C=O) groups excluding carboxylic acids is 1. The molecule has 1 heterocycles. The molecule has 6 nitrogen and oxygen atoms in total. The van der Waals surface area contributed by atoms with Crippen LogP contribution in [0.1, 0.15) is 34.7 Å². The zero-order valence-corrected chi connectivity index (χ0v) is 10.4. The molecule has 0 saturated heterocycles. The zero-order valence-electron chi connectivity index (χ0n) is 10.4. The Balaban J connectivity index is 2.12. The molecule has 1 aliphatic carbocycles. The van der Waals surface area contributed by atoms with Crippen LogP contribution in [0.4, 0.5) is 0 Å². The van der Waals surface area contributed by atoms with Crippen LogP contribution in [0, 0.1) is 19.8 Å². The normalized spacial score (nSPS) is 17.6. The minimum absolute atomic E-state index is 0.0451. The summed E-state index contributed by atoms with van der Waals surface area (Å²) in [6.45, 7) is 3.52. The first-order chi connectivity index (χ1) is 8.52. The SMILES string of the molecule is Cc1cc(C(=O)NC(C(N)=NO)C2CC2)c(C)o1. The first-order valence-corrected chi connectivity index (χ1v) is 5.88. The second-order valence-corrected chi connectivity index (χ2v) is 4.64. The summed E-state index contributed by atoms with van der Waals surface area (Å²) >= 11 is 0. The monoisotopic (exact) mass is 251 g/mol. The van der Waals surface area contributed by atoms with Gasteiger partial charge in [-0.15, -0.1) is 0 Å². The van der Waals surface area contributed by atoms with Crippen molar-refractivity contribution in [2.45, 2.75) is 32.7 Å². The number of carbonyl (C=O) groups is 1. The van der Waals surface area contributed by atoms with Gasteiger partial charge in [0.2, 0.25) is 0 Å². The number of nitrogens with one attached hydrogen (secondary N) is 1. The molecule has 1 fully saturated rings. The molecule has 98 valence electrons. The van der Waals surface area contributed by atoms with Gasteiger partial charge in [-0.25, -0.2) is 0 Å². The number of hydrogen-bond acceptors (Lipinski definition) is 4. The number of hydrogen-bond donors (Lipinski definition) is 3. The van der Waals surface area contributed by atoms with Gasteiger partial charge >= 0.3 is 0 Å². The maximum Gasteiger partial charge on any atom is 0.255 e. The summed E-state index contributed by atoms with van der Waals surface area (Å²) in [4.78, 5) is 12.1. The summed E-state index contributed by atoms with van der Waals surface area (Å²) in [5.41, 5.74) is 6.08. The average Bonchev–Trinajstić information content (AvgIpc) is 3.10. The Bertz CT molecular complexity index is 489. The van der Waals surface area contributed by atoms with Gasteiger partial charge in [-0.1, -0.05) is 5.16 Å². The summed E-state index contributed by atoms with van der Waals surface area (Å²) in [6.07, 6.45) is 1.95. The van der Waals surface area contributed by atoms with Crippen molar-refractivity contribution in [3.05, 3.63) is 23.2 Å². The van der Waals surface area contributed by atoms with Gasteiger partial charge < -0.3 is 20.7 Å². The fourth-order valence-electron chi connectivity index (χ4n) is 2.00. The van der Waals surface area contributed by atoms with Gasteiger partial charge in [-0.3, -0.25) is 4.79 Å². The van der Waals surface area contributed by atoms with Crippen LogP contribution in [-0.4, -0.2) is 23.0 Å². The second kappa shape index (κ2) is 4.72. The molecule has 1 unspecified atom stereocenters. The van der Waals surface area contributed by atoms with E-state index in [4.69, 9.17) is 15.4 Å². The maximum atomic E-state index is 12.1. The van der Waals surface area contributed by atoms with Crippen molar-refractivity contribution in [1.82, 2.24) is 5.32 Å². The molecule has 4 N–H and O–H groups in total. The highest BCUT2D eigenvalue weighted by molar-refractivity contribution is 5.99. The van der Waals surface area contributed by atoms with Gasteiger partial charge in [0.15, 0.2) is 5.84 Å². The highest BCUT2D eigenvalue weighted by Gasteiger charge is 2.35. The minimum atomic E-state index is -0.405. The van der Waals surface area contributed by atoms with E-state index in [-0.39, 0.29) is 17.7 Å². The Morgan fingerprint density at radius 2 is 2.28 bits per heavy atom. The summed E-state index contributed by atoms with van der Waals surface area (Å²) in [7, 11) is 0. The molecule has 0 radical (unpaired) electrons. The molecule has 1 atom stereocenters. The molecule has 0 aliphatic heterocycles. The van der Waals surface area contributed by atoms with Crippen LogP contribution in [-0.2, 0) is 0 Å². The van der Waals surface area contributed by atoms with E-state index in [9.17, 15) is 4.79 Å². The third kappa shape index (κ3) is 2.47. The lowest BCUT2D eigenvalue weighted by molar-refractivity contribution is 0.0941. The summed E-state index contributed by atoms with van der Waals surface area (Å²) < 4.78 is 5.31. The van der Waals surface area contributed by atoms with Gasteiger partial charge in [0.25, 0.3) is 5.91 Å². The van der Waals surface area contributed by atoms with E-state index in [0.29, 0.717) is 17.1 Å². The second-order valence-electron chi connectivity index (χ2n) is 4.64. The number of rotatable bonds is 4. The Morgan fingerprint density at radius 3 is 2.72 bits per heavy atom. The van der Waals surface area contributed by atoms with Gasteiger partial charge in [0.05, 0.1) is 11.6 Å². The molecule has 0 spiro atoms.